The molecule has 2 aromatic rings. The Morgan fingerprint density at radius 2 is 1.94 bits per heavy atom. The van der Waals surface area contributed by atoms with Crippen LogP contribution in [0.2, 0.25) is 0 Å². The SMILES string of the molecule is CCNc1cccc(NCc2cscc2C)n1. The van der Waals surface area contributed by atoms with Crippen molar-refractivity contribution in [2.45, 2.75) is 20.4 Å². The van der Waals surface area contributed by atoms with E-state index in [0.29, 0.717) is 0 Å². The summed E-state index contributed by atoms with van der Waals surface area (Å²) in [6.45, 7) is 5.92. The van der Waals surface area contributed by atoms with E-state index < -0.39 is 0 Å². The van der Waals surface area contributed by atoms with Crippen molar-refractivity contribution < 1.29 is 0 Å². The van der Waals surface area contributed by atoms with Crippen molar-refractivity contribution in [3.8, 4) is 0 Å². The summed E-state index contributed by atoms with van der Waals surface area (Å²) in [5, 5.41) is 10.9. The summed E-state index contributed by atoms with van der Waals surface area (Å²) >= 11 is 1.74. The summed E-state index contributed by atoms with van der Waals surface area (Å²) in [4.78, 5) is 4.47. The van der Waals surface area contributed by atoms with Crippen LogP contribution in [0.15, 0.2) is 29.0 Å². The summed E-state index contributed by atoms with van der Waals surface area (Å²) in [6.07, 6.45) is 0. The van der Waals surface area contributed by atoms with E-state index in [1.807, 2.05) is 18.2 Å². The first kappa shape index (κ1) is 11.9. The van der Waals surface area contributed by atoms with Crippen molar-refractivity contribution in [1.29, 1.82) is 0 Å². The van der Waals surface area contributed by atoms with Gasteiger partial charge >= 0.3 is 0 Å². The van der Waals surface area contributed by atoms with Crippen LogP contribution >= 0.6 is 11.3 Å². The van der Waals surface area contributed by atoms with Crippen LogP contribution in [0.3, 0.4) is 0 Å². The Hall–Kier alpha value is -1.55. The number of nitrogens with zero attached hydrogens (tertiary/aromatic N) is 1. The van der Waals surface area contributed by atoms with Crippen LogP contribution in [-0.2, 0) is 6.54 Å². The molecule has 0 aliphatic rings. The van der Waals surface area contributed by atoms with Gasteiger partial charge in [0, 0.05) is 13.1 Å². The van der Waals surface area contributed by atoms with Crippen molar-refractivity contribution in [3.63, 3.8) is 0 Å². The van der Waals surface area contributed by atoms with E-state index >= 15 is 0 Å². The van der Waals surface area contributed by atoms with Gasteiger partial charge in [0.05, 0.1) is 0 Å². The molecule has 0 unspecified atom stereocenters. The molecule has 0 fully saturated rings. The van der Waals surface area contributed by atoms with Crippen LogP contribution in [-0.4, -0.2) is 11.5 Å². The van der Waals surface area contributed by atoms with Gasteiger partial charge in [-0.25, -0.2) is 4.98 Å². The summed E-state index contributed by atoms with van der Waals surface area (Å²) < 4.78 is 0. The molecule has 2 N–H and O–H groups in total. The molecule has 0 radical (unpaired) electrons. The number of aryl methyl sites for hydroxylation is 1. The van der Waals surface area contributed by atoms with E-state index in [4.69, 9.17) is 0 Å². The van der Waals surface area contributed by atoms with E-state index in [1.165, 1.54) is 11.1 Å². The molecule has 0 saturated heterocycles. The largest absolute Gasteiger partial charge is 0.370 e. The van der Waals surface area contributed by atoms with Gasteiger partial charge in [-0.15, -0.1) is 0 Å². The Balaban J connectivity index is 1.99. The predicted octanol–water partition coefficient (Wildman–Crippen LogP) is 3.50. The van der Waals surface area contributed by atoms with Crippen LogP contribution in [0.4, 0.5) is 11.6 Å². The third-order valence-corrected chi connectivity index (χ3v) is 3.44. The fraction of sp³-hybridized carbons (Fsp3) is 0.308. The van der Waals surface area contributed by atoms with E-state index in [2.05, 4.69) is 40.2 Å². The normalized spacial score (nSPS) is 10.2. The molecule has 0 aromatic carbocycles. The lowest BCUT2D eigenvalue weighted by molar-refractivity contribution is 1.09. The predicted molar refractivity (Wildman–Crippen MR) is 74.8 cm³/mol. The zero-order chi connectivity index (χ0) is 12.1. The average molecular weight is 247 g/mol. The zero-order valence-electron chi connectivity index (χ0n) is 10.2. The second-order valence-electron chi connectivity index (χ2n) is 3.87. The third-order valence-electron chi connectivity index (χ3n) is 2.53. The number of nitrogens with one attached hydrogen (secondary N) is 2. The van der Waals surface area contributed by atoms with Crippen molar-refractivity contribution >= 4 is 23.0 Å². The molecule has 0 atom stereocenters. The average Bonchev–Trinajstić information content (AvgIpc) is 2.73. The lowest BCUT2D eigenvalue weighted by Crippen LogP contribution is -2.04. The smallest absolute Gasteiger partial charge is 0.128 e. The number of thiophene rings is 1. The minimum atomic E-state index is 0.831. The van der Waals surface area contributed by atoms with Crippen LogP contribution in [0.5, 0.6) is 0 Å². The number of hydrogen-bond acceptors (Lipinski definition) is 4. The second kappa shape index (κ2) is 5.68. The molecular formula is C13H17N3S. The summed E-state index contributed by atoms with van der Waals surface area (Å²) in [6, 6.07) is 5.97. The Bertz CT molecular complexity index is 479. The Kier molecular flexibility index (Phi) is 3.98. The molecular weight excluding hydrogens is 230 g/mol. The topological polar surface area (TPSA) is 37.0 Å². The highest BCUT2D eigenvalue weighted by atomic mass is 32.1. The Morgan fingerprint density at radius 3 is 2.59 bits per heavy atom. The van der Waals surface area contributed by atoms with Gasteiger partial charge in [-0.05, 0) is 47.9 Å². The third kappa shape index (κ3) is 3.20. The number of anilines is 2. The van der Waals surface area contributed by atoms with E-state index in [0.717, 1.165) is 24.7 Å². The molecule has 0 aliphatic carbocycles. The van der Waals surface area contributed by atoms with Gasteiger partial charge in [-0.2, -0.15) is 11.3 Å². The van der Waals surface area contributed by atoms with Gasteiger partial charge in [-0.1, -0.05) is 6.07 Å². The number of hydrogen-bond donors (Lipinski definition) is 2. The molecule has 4 heteroatoms. The first-order valence-electron chi connectivity index (χ1n) is 5.76. The van der Waals surface area contributed by atoms with E-state index in [-0.39, 0.29) is 0 Å². The van der Waals surface area contributed by atoms with Crippen molar-refractivity contribution in [1.82, 2.24) is 4.98 Å². The Labute approximate surface area is 106 Å². The molecule has 2 aromatic heterocycles. The van der Waals surface area contributed by atoms with Crippen molar-refractivity contribution in [2.75, 3.05) is 17.2 Å². The number of pyridine rings is 1. The number of aromatic nitrogens is 1. The standard InChI is InChI=1S/C13H17N3S/c1-3-14-12-5-4-6-13(16-12)15-7-11-9-17-8-10(11)2/h4-6,8-9H,3,7H2,1-2H3,(H2,14,15,16). The van der Waals surface area contributed by atoms with Gasteiger partial charge in [0.25, 0.3) is 0 Å². The molecule has 2 rings (SSSR count). The molecule has 0 saturated carbocycles. The molecule has 3 nitrogen and oxygen atoms in total. The van der Waals surface area contributed by atoms with Gasteiger partial charge < -0.3 is 10.6 Å². The quantitative estimate of drug-likeness (QED) is 0.849. The summed E-state index contributed by atoms with van der Waals surface area (Å²) in [5.74, 6) is 1.83. The number of rotatable bonds is 5. The van der Waals surface area contributed by atoms with Crippen LogP contribution < -0.4 is 10.6 Å². The zero-order valence-corrected chi connectivity index (χ0v) is 11.0. The molecule has 0 bridgehead atoms. The fourth-order valence-corrected chi connectivity index (χ4v) is 2.42. The maximum absolute atomic E-state index is 4.47. The van der Waals surface area contributed by atoms with Gasteiger partial charge in [0.2, 0.25) is 0 Å². The first-order chi connectivity index (χ1) is 8.29. The highest BCUT2D eigenvalue weighted by Crippen LogP contribution is 2.16. The first-order valence-corrected chi connectivity index (χ1v) is 6.70. The second-order valence-corrected chi connectivity index (χ2v) is 4.62. The highest BCUT2D eigenvalue weighted by Gasteiger charge is 2.00. The maximum atomic E-state index is 4.47. The van der Waals surface area contributed by atoms with Crippen LogP contribution in [0.1, 0.15) is 18.1 Å². The molecule has 17 heavy (non-hydrogen) atoms. The van der Waals surface area contributed by atoms with Gasteiger partial charge in [0.15, 0.2) is 0 Å². The van der Waals surface area contributed by atoms with E-state index in [1.54, 1.807) is 11.3 Å². The molecule has 0 aliphatic heterocycles. The van der Waals surface area contributed by atoms with Crippen LogP contribution in [0, 0.1) is 6.92 Å². The van der Waals surface area contributed by atoms with Crippen LogP contribution in [0.25, 0.3) is 0 Å². The minimum absolute atomic E-state index is 0.831. The highest BCUT2D eigenvalue weighted by molar-refractivity contribution is 7.08. The molecule has 90 valence electrons. The van der Waals surface area contributed by atoms with Crippen molar-refractivity contribution in [2.24, 2.45) is 0 Å². The fourth-order valence-electron chi connectivity index (χ4n) is 1.57. The van der Waals surface area contributed by atoms with Crippen molar-refractivity contribution in [3.05, 3.63) is 40.1 Å². The van der Waals surface area contributed by atoms with E-state index in [9.17, 15) is 0 Å². The summed E-state index contributed by atoms with van der Waals surface area (Å²) in [7, 11) is 0. The summed E-state index contributed by atoms with van der Waals surface area (Å²) in [5.41, 5.74) is 2.68. The molecule has 0 amide bonds. The minimum Gasteiger partial charge on any atom is -0.370 e. The van der Waals surface area contributed by atoms with Gasteiger partial charge in [0.1, 0.15) is 11.6 Å². The Morgan fingerprint density at radius 1 is 1.18 bits per heavy atom. The lowest BCUT2D eigenvalue weighted by Gasteiger charge is -2.07. The lowest BCUT2D eigenvalue weighted by atomic mass is 10.2. The maximum Gasteiger partial charge on any atom is 0.128 e. The molecule has 0 spiro atoms. The molecule has 2 heterocycles. The monoisotopic (exact) mass is 247 g/mol. The van der Waals surface area contributed by atoms with Gasteiger partial charge in [-0.3, -0.25) is 0 Å².